The van der Waals surface area contributed by atoms with Gasteiger partial charge in [-0.15, -0.1) is 5.10 Å². The minimum absolute atomic E-state index is 0.0425. The van der Waals surface area contributed by atoms with Gasteiger partial charge < -0.3 is 9.64 Å². The van der Waals surface area contributed by atoms with Gasteiger partial charge in [0, 0.05) is 13.1 Å². The van der Waals surface area contributed by atoms with Crippen LogP contribution in [0.5, 0.6) is 0 Å². The highest BCUT2D eigenvalue weighted by atomic mass is 32.2. The summed E-state index contributed by atoms with van der Waals surface area (Å²) in [6.45, 7) is 7.71. The minimum atomic E-state index is -3.61. The first kappa shape index (κ1) is 17.7. The van der Waals surface area contributed by atoms with Gasteiger partial charge in [0.2, 0.25) is 9.84 Å². The van der Waals surface area contributed by atoms with E-state index in [0.717, 1.165) is 0 Å². The van der Waals surface area contributed by atoms with E-state index in [1.54, 1.807) is 33.8 Å². The van der Waals surface area contributed by atoms with Crippen molar-refractivity contribution in [1.29, 1.82) is 0 Å². The number of carbonyl (C=O) groups is 1. The van der Waals surface area contributed by atoms with Crippen LogP contribution in [0, 0.1) is 6.92 Å². The Bertz CT molecular complexity index is 665. The van der Waals surface area contributed by atoms with E-state index in [-0.39, 0.29) is 11.6 Å². The second-order valence-electron chi connectivity index (χ2n) is 6.75. The lowest BCUT2D eigenvalue weighted by Gasteiger charge is -2.33. The summed E-state index contributed by atoms with van der Waals surface area (Å²) in [5, 5.41) is 6.87. The standard InChI is InChI=1S/C15H23N3O4S/c1-11-7-8-13(17-16-11)23(20,21)12-6-5-9-18(10-12)14(19)22-15(2,3)4/h7-8,12H,5-6,9-10H2,1-4H3. The van der Waals surface area contributed by atoms with E-state index in [1.165, 1.54) is 11.0 Å². The summed E-state index contributed by atoms with van der Waals surface area (Å²) in [5.41, 5.74) is 0.0497. The molecule has 0 N–H and O–H groups in total. The van der Waals surface area contributed by atoms with E-state index in [2.05, 4.69) is 10.2 Å². The summed E-state index contributed by atoms with van der Waals surface area (Å²) < 4.78 is 30.7. The third-order valence-corrected chi connectivity index (χ3v) is 5.60. The van der Waals surface area contributed by atoms with Crippen LogP contribution < -0.4 is 0 Å². The van der Waals surface area contributed by atoms with E-state index in [4.69, 9.17) is 4.74 Å². The summed E-state index contributed by atoms with van der Waals surface area (Å²) in [4.78, 5) is 13.6. The van der Waals surface area contributed by atoms with Crippen molar-refractivity contribution in [3.63, 3.8) is 0 Å². The van der Waals surface area contributed by atoms with E-state index in [0.29, 0.717) is 25.1 Å². The summed E-state index contributed by atoms with van der Waals surface area (Å²) in [7, 11) is -3.61. The number of hydrogen-bond acceptors (Lipinski definition) is 6. The first-order valence-corrected chi connectivity index (χ1v) is 9.16. The number of aryl methyl sites for hydroxylation is 1. The predicted octanol–water partition coefficient (Wildman–Crippen LogP) is 1.96. The number of likely N-dealkylation sites (tertiary alicyclic amines) is 1. The molecule has 1 saturated heterocycles. The number of amides is 1. The van der Waals surface area contributed by atoms with E-state index in [9.17, 15) is 13.2 Å². The van der Waals surface area contributed by atoms with Crippen LogP contribution in [-0.2, 0) is 14.6 Å². The number of piperidine rings is 1. The van der Waals surface area contributed by atoms with E-state index in [1.807, 2.05) is 0 Å². The highest BCUT2D eigenvalue weighted by molar-refractivity contribution is 7.92. The number of carbonyl (C=O) groups excluding carboxylic acids is 1. The highest BCUT2D eigenvalue weighted by Gasteiger charge is 2.36. The molecule has 0 saturated carbocycles. The molecule has 0 radical (unpaired) electrons. The molecule has 1 aliphatic heterocycles. The van der Waals surface area contributed by atoms with Crippen molar-refractivity contribution in [2.24, 2.45) is 0 Å². The van der Waals surface area contributed by atoms with Gasteiger partial charge in [0.15, 0.2) is 5.03 Å². The van der Waals surface area contributed by atoms with Gasteiger partial charge in [-0.2, -0.15) is 5.10 Å². The lowest BCUT2D eigenvalue weighted by molar-refractivity contribution is 0.0219. The molecular weight excluding hydrogens is 318 g/mol. The zero-order valence-electron chi connectivity index (χ0n) is 13.9. The molecule has 1 fully saturated rings. The van der Waals surface area contributed by atoms with Crippen molar-refractivity contribution in [1.82, 2.24) is 15.1 Å². The lowest BCUT2D eigenvalue weighted by atomic mass is 10.1. The Balaban J connectivity index is 2.14. The molecular formula is C15H23N3O4S. The van der Waals surface area contributed by atoms with Crippen molar-refractivity contribution in [2.45, 2.75) is 56.4 Å². The maximum atomic E-state index is 12.7. The molecule has 2 rings (SSSR count). The molecule has 0 aliphatic carbocycles. The molecule has 0 aromatic carbocycles. The quantitative estimate of drug-likeness (QED) is 0.817. The van der Waals surface area contributed by atoms with Crippen LogP contribution >= 0.6 is 0 Å². The first-order valence-electron chi connectivity index (χ1n) is 7.62. The molecule has 1 unspecified atom stereocenters. The molecule has 0 spiro atoms. The van der Waals surface area contributed by atoms with Gasteiger partial charge in [0.25, 0.3) is 0 Å². The smallest absolute Gasteiger partial charge is 0.410 e. The second-order valence-corrected chi connectivity index (χ2v) is 8.92. The van der Waals surface area contributed by atoms with Gasteiger partial charge in [0.1, 0.15) is 5.60 Å². The van der Waals surface area contributed by atoms with Crippen LogP contribution in [0.1, 0.15) is 39.3 Å². The fraction of sp³-hybridized carbons (Fsp3) is 0.667. The van der Waals surface area contributed by atoms with Crippen LogP contribution in [0.15, 0.2) is 17.2 Å². The van der Waals surface area contributed by atoms with Crippen LogP contribution in [0.2, 0.25) is 0 Å². The zero-order valence-corrected chi connectivity index (χ0v) is 14.8. The Morgan fingerprint density at radius 3 is 2.57 bits per heavy atom. The molecule has 0 bridgehead atoms. The van der Waals surface area contributed by atoms with Crippen molar-refractivity contribution < 1.29 is 17.9 Å². The van der Waals surface area contributed by atoms with Crippen LogP contribution in [-0.4, -0.2) is 53.5 Å². The fourth-order valence-electron chi connectivity index (χ4n) is 2.39. The molecule has 23 heavy (non-hydrogen) atoms. The van der Waals surface area contributed by atoms with Crippen molar-refractivity contribution >= 4 is 15.9 Å². The van der Waals surface area contributed by atoms with Crippen molar-refractivity contribution in [3.05, 3.63) is 17.8 Å². The van der Waals surface area contributed by atoms with Gasteiger partial charge in [0.05, 0.1) is 10.9 Å². The number of ether oxygens (including phenoxy) is 1. The van der Waals surface area contributed by atoms with Crippen LogP contribution in [0.3, 0.4) is 0 Å². The Morgan fingerprint density at radius 2 is 2.00 bits per heavy atom. The number of aromatic nitrogens is 2. The third-order valence-electron chi connectivity index (χ3n) is 3.53. The molecule has 8 heteroatoms. The molecule has 7 nitrogen and oxygen atoms in total. The molecule has 128 valence electrons. The van der Waals surface area contributed by atoms with Crippen molar-refractivity contribution in [2.75, 3.05) is 13.1 Å². The van der Waals surface area contributed by atoms with Crippen LogP contribution in [0.25, 0.3) is 0 Å². The van der Waals surface area contributed by atoms with Gasteiger partial charge in [-0.3, -0.25) is 0 Å². The summed E-state index contributed by atoms with van der Waals surface area (Å²) >= 11 is 0. The maximum Gasteiger partial charge on any atom is 0.410 e. The normalized spacial score (nSPS) is 19.5. The average molecular weight is 341 g/mol. The molecule has 2 heterocycles. The maximum absolute atomic E-state index is 12.7. The minimum Gasteiger partial charge on any atom is -0.444 e. The van der Waals surface area contributed by atoms with E-state index < -0.39 is 26.8 Å². The van der Waals surface area contributed by atoms with Crippen LogP contribution in [0.4, 0.5) is 4.79 Å². The Hall–Kier alpha value is -1.70. The Kier molecular flexibility index (Phi) is 4.93. The Labute approximate surface area is 137 Å². The van der Waals surface area contributed by atoms with Crippen molar-refractivity contribution in [3.8, 4) is 0 Å². The molecule has 1 aromatic heterocycles. The summed E-state index contributed by atoms with van der Waals surface area (Å²) in [6, 6.07) is 3.08. The topological polar surface area (TPSA) is 89.5 Å². The van der Waals surface area contributed by atoms with Gasteiger partial charge in [-0.25, -0.2) is 13.2 Å². The zero-order chi connectivity index (χ0) is 17.3. The third kappa shape index (κ3) is 4.40. The summed E-state index contributed by atoms with van der Waals surface area (Å²) in [6.07, 6.45) is 0.631. The molecule has 1 amide bonds. The molecule has 1 atom stereocenters. The number of nitrogens with zero attached hydrogens (tertiary/aromatic N) is 3. The summed E-state index contributed by atoms with van der Waals surface area (Å²) in [5.74, 6) is 0. The van der Waals surface area contributed by atoms with Gasteiger partial charge in [-0.05, 0) is 52.7 Å². The number of sulfone groups is 1. The largest absolute Gasteiger partial charge is 0.444 e. The molecule has 1 aliphatic rings. The first-order chi connectivity index (χ1) is 10.6. The fourth-order valence-corrected chi connectivity index (χ4v) is 4.00. The average Bonchev–Trinajstić information content (AvgIpc) is 2.46. The Morgan fingerprint density at radius 1 is 1.30 bits per heavy atom. The monoisotopic (exact) mass is 341 g/mol. The number of rotatable bonds is 2. The predicted molar refractivity (Wildman–Crippen MR) is 84.8 cm³/mol. The van der Waals surface area contributed by atoms with Gasteiger partial charge in [-0.1, -0.05) is 0 Å². The van der Waals surface area contributed by atoms with E-state index >= 15 is 0 Å². The second kappa shape index (κ2) is 6.43. The molecule has 1 aromatic rings. The number of hydrogen-bond donors (Lipinski definition) is 0. The highest BCUT2D eigenvalue weighted by Crippen LogP contribution is 2.23. The SMILES string of the molecule is Cc1ccc(S(=O)(=O)C2CCCN(C(=O)OC(C)(C)C)C2)nn1. The lowest BCUT2D eigenvalue weighted by Crippen LogP contribution is -2.47. The van der Waals surface area contributed by atoms with Gasteiger partial charge >= 0.3 is 6.09 Å².